The van der Waals surface area contributed by atoms with Gasteiger partial charge in [-0.3, -0.25) is 0 Å². The molecule has 2 N–H and O–H groups in total. The van der Waals surface area contributed by atoms with E-state index in [2.05, 4.69) is 17.2 Å². The average molecular weight is 221 g/mol. The highest BCUT2D eigenvalue weighted by Gasteiger charge is 2.02. The Labute approximate surface area is 91.7 Å². The first kappa shape index (κ1) is 14.8. The first-order valence-corrected chi connectivity index (χ1v) is 5.40. The van der Waals surface area contributed by atoms with Gasteiger partial charge in [0.2, 0.25) is 0 Å². The molecular formula is C10H23NO4. The van der Waals surface area contributed by atoms with Gasteiger partial charge in [-0.05, 0) is 6.42 Å². The zero-order valence-corrected chi connectivity index (χ0v) is 9.70. The first-order valence-electron chi connectivity index (χ1n) is 5.40. The third-order valence-corrected chi connectivity index (χ3v) is 1.79. The molecule has 92 valence electrons. The van der Waals surface area contributed by atoms with E-state index in [-0.39, 0.29) is 0 Å². The summed E-state index contributed by atoms with van der Waals surface area (Å²) in [5, 5.41) is 9.31. The topological polar surface area (TPSA) is 60.0 Å². The standard InChI is InChI=1S/C10H23NO4/c1-3-4-5-14-6-7-15-9-10(12)8-11-13-2/h10-12H,3-9H2,1-2H3. The molecule has 5 heteroatoms. The predicted octanol–water partition coefficient (Wildman–Crippen LogP) is 0.332. The lowest BCUT2D eigenvalue weighted by molar-refractivity contribution is -0.0150. The lowest BCUT2D eigenvalue weighted by atomic mass is 10.4. The maximum atomic E-state index is 9.31. The molecule has 0 fully saturated rings. The Morgan fingerprint density at radius 2 is 1.93 bits per heavy atom. The van der Waals surface area contributed by atoms with Crippen molar-refractivity contribution in [2.75, 3.05) is 40.1 Å². The van der Waals surface area contributed by atoms with Crippen molar-refractivity contribution in [1.82, 2.24) is 5.48 Å². The lowest BCUT2D eigenvalue weighted by Gasteiger charge is -2.11. The summed E-state index contributed by atoms with van der Waals surface area (Å²) in [7, 11) is 1.51. The summed E-state index contributed by atoms with van der Waals surface area (Å²) in [5.74, 6) is 0. The number of rotatable bonds is 11. The van der Waals surface area contributed by atoms with E-state index >= 15 is 0 Å². The van der Waals surface area contributed by atoms with Gasteiger partial charge in [-0.25, -0.2) is 5.48 Å². The van der Waals surface area contributed by atoms with Crippen molar-refractivity contribution < 1.29 is 19.4 Å². The average Bonchev–Trinajstić information content (AvgIpc) is 2.25. The molecule has 1 unspecified atom stereocenters. The van der Waals surface area contributed by atoms with Crippen molar-refractivity contribution in [3.05, 3.63) is 0 Å². The molecule has 0 aliphatic heterocycles. The minimum atomic E-state index is -0.541. The second-order valence-electron chi connectivity index (χ2n) is 3.25. The molecule has 0 aliphatic carbocycles. The molecule has 0 aromatic rings. The first-order chi connectivity index (χ1) is 7.31. The summed E-state index contributed by atoms with van der Waals surface area (Å²) in [4.78, 5) is 4.59. The van der Waals surface area contributed by atoms with Crippen molar-refractivity contribution in [2.24, 2.45) is 0 Å². The largest absolute Gasteiger partial charge is 0.389 e. The highest BCUT2D eigenvalue weighted by atomic mass is 16.6. The summed E-state index contributed by atoms with van der Waals surface area (Å²) >= 11 is 0. The molecule has 0 saturated carbocycles. The van der Waals surface area contributed by atoms with Crippen LogP contribution in [0.4, 0.5) is 0 Å². The fourth-order valence-electron chi connectivity index (χ4n) is 0.924. The van der Waals surface area contributed by atoms with Gasteiger partial charge in [0.25, 0.3) is 0 Å². The third-order valence-electron chi connectivity index (χ3n) is 1.79. The Bertz CT molecular complexity index is 124. The summed E-state index contributed by atoms with van der Waals surface area (Å²) in [6, 6.07) is 0. The Kier molecular flexibility index (Phi) is 11.7. The zero-order chi connectivity index (χ0) is 11.4. The molecule has 0 amide bonds. The molecule has 0 aromatic carbocycles. The van der Waals surface area contributed by atoms with Gasteiger partial charge < -0.3 is 19.4 Å². The Hall–Kier alpha value is -0.200. The van der Waals surface area contributed by atoms with Crippen molar-refractivity contribution in [3.8, 4) is 0 Å². The maximum absolute atomic E-state index is 9.31. The minimum Gasteiger partial charge on any atom is -0.389 e. The highest BCUT2D eigenvalue weighted by Crippen LogP contribution is 1.89. The van der Waals surface area contributed by atoms with Crippen LogP contribution in [0.3, 0.4) is 0 Å². The number of hydroxylamine groups is 1. The zero-order valence-electron chi connectivity index (χ0n) is 9.70. The van der Waals surface area contributed by atoms with Crippen LogP contribution in [0.5, 0.6) is 0 Å². The van der Waals surface area contributed by atoms with Crippen molar-refractivity contribution in [2.45, 2.75) is 25.9 Å². The molecule has 0 spiro atoms. The van der Waals surface area contributed by atoms with E-state index in [1.54, 1.807) is 0 Å². The van der Waals surface area contributed by atoms with Crippen molar-refractivity contribution in [1.29, 1.82) is 0 Å². The number of unbranched alkanes of at least 4 members (excludes halogenated alkanes) is 1. The molecule has 0 heterocycles. The molecular weight excluding hydrogens is 198 g/mol. The van der Waals surface area contributed by atoms with Crippen LogP contribution in [0, 0.1) is 0 Å². The molecule has 0 aromatic heterocycles. The Morgan fingerprint density at radius 3 is 2.60 bits per heavy atom. The highest BCUT2D eigenvalue weighted by molar-refractivity contribution is 4.53. The minimum absolute atomic E-state index is 0.299. The predicted molar refractivity (Wildman–Crippen MR) is 57.6 cm³/mol. The monoisotopic (exact) mass is 221 g/mol. The van der Waals surface area contributed by atoms with E-state index in [0.29, 0.717) is 26.4 Å². The van der Waals surface area contributed by atoms with E-state index in [0.717, 1.165) is 19.4 Å². The van der Waals surface area contributed by atoms with Gasteiger partial charge in [0, 0.05) is 13.2 Å². The van der Waals surface area contributed by atoms with Crippen molar-refractivity contribution in [3.63, 3.8) is 0 Å². The normalized spacial score (nSPS) is 13.0. The lowest BCUT2D eigenvalue weighted by Crippen LogP contribution is -2.30. The van der Waals surface area contributed by atoms with Crippen LogP contribution in [-0.4, -0.2) is 51.3 Å². The van der Waals surface area contributed by atoms with Crippen LogP contribution in [0.25, 0.3) is 0 Å². The fourth-order valence-corrected chi connectivity index (χ4v) is 0.924. The van der Waals surface area contributed by atoms with Crippen LogP contribution < -0.4 is 5.48 Å². The van der Waals surface area contributed by atoms with Gasteiger partial charge in [0.1, 0.15) is 0 Å². The molecule has 0 radical (unpaired) electrons. The molecule has 0 bridgehead atoms. The molecule has 0 aliphatic rings. The Balaban J connectivity index is 3.02. The fraction of sp³-hybridized carbons (Fsp3) is 1.00. The molecule has 0 saturated heterocycles. The molecule has 5 nitrogen and oxygen atoms in total. The molecule has 15 heavy (non-hydrogen) atoms. The van der Waals surface area contributed by atoms with Crippen LogP contribution in [0.2, 0.25) is 0 Å². The summed E-state index contributed by atoms with van der Waals surface area (Å²) in [6.45, 7) is 4.69. The third kappa shape index (κ3) is 11.7. The maximum Gasteiger partial charge on any atom is 0.0920 e. The van der Waals surface area contributed by atoms with Gasteiger partial charge in [-0.1, -0.05) is 13.3 Å². The number of nitrogens with one attached hydrogen (secondary N) is 1. The number of hydrogen-bond donors (Lipinski definition) is 2. The quantitative estimate of drug-likeness (QED) is 0.389. The summed E-state index contributed by atoms with van der Waals surface area (Å²) in [6.07, 6.45) is 1.68. The second-order valence-corrected chi connectivity index (χ2v) is 3.25. The van der Waals surface area contributed by atoms with Gasteiger partial charge in [0.15, 0.2) is 0 Å². The van der Waals surface area contributed by atoms with E-state index in [9.17, 15) is 5.11 Å². The number of hydrogen-bond acceptors (Lipinski definition) is 5. The van der Waals surface area contributed by atoms with E-state index < -0.39 is 6.10 Å². The van der Waals surface area contributed by atoms with Crippen LogP contribution in [0.15, 0.2) is 0 Å². The molecule has 0 rings (SSSR count). The van der Waals surface area contributed by atoms with Gasteiger partial charge >= 0.3 is 0 Å². The molecule has 1 atom stereocenters. The Morgan fingerprint density at radius 1 is 1.20 bits per heavy atom. The van der Waals surface area contributed by atoms with Crippen LogP contribution in [0.1, 0.15) is 19.8 Å². The van der Waals surface area contributed by atoms with Gasteiger partial charge in [-0.2, -0.15) is 0 Å². The van der Waals surface area contributed by atoms with E-state index in [1.165, 1.54) is 7.11 Å². The van der Waals surface area contributed by atoms with E-state index in [1.807, 2.05) is 0 Å². The number of aliphatic hydroxyl groups is 1. The van der Waals surface area contributed by atoms with Gasteiger partial charge in [0.05, 0.1) is 33.0 Å². The second kappa shape index (κ2) is 11.9. The van der Waals surface area contributed by atoms with Crippen molar-refractivity contribution >= 4 is 0 Å². The van der Waals surface area contributed by atoms with E-state index in [4.69, 9.17) is 9.47 Å². The number of ether oxygens (including phenoxy) is 2. The smallest absolute Gasteiger partial charge is 0.0920 e. The van der Waals surface area contributed by atoms with Gasteiger partial charge in [-0.15, -0.1) is 0 Å². The summed E-state index contributed by atoms with van der Waals surface area (Å²) < 4.78 is 10.5. The summed E-state index contributed by atoms with van der Waals surface area (Å²) in [5.41, 5.74) is 2.56. The van der Waals surface area contributed by atoms with Crippen LogP contribution in [-0.2, 0) is 14.3 Å². The number of aliphatic hydroxyl groups excluding tert-OH is 1. The van der Waals surface area contributed by atoms with Crippen LogP contribution >= 0.6 is 0 Å². The SMILES string of the molecule is CCCCOCCOCC(O)CNOC.